The van der Waals surface area contributed by atoms with E-state index in [0.29, 0.717) is 0 Å². The minimum absolute atomic E-state index is 0.816. The molecule has 0 radical (unpaired) electrons. The van der Waals surface area contributed by atoms with E-state index in [0.717, 1.165) is 25.7 Å². The summed E-state index contributed by atoms with van der Waals surface area (Å²) in [7, 11) is 2.15. The molecule has 3 nitrogen and oxygen atoms in total. The fraction of sp³-hybridized carbons (Fsp3) is 0.583. The number of aromatic nitrogens is 1. The van der Waals surface area contributed by atoms with Gasteiger partial charge >= 0.3 is 0 Å². The lowest BCUT2D eigenvalue weighted by molar-refractivity contribution is 0.323. The Morgan fingerprint density at radius 1 is 1.53 bits per heavy atom. The molecular weight excluding hydrogens is 186 g/mol. The number of pyridine rings is 1. The Balaban J connectivity index is 1.65. The van der Waals surface area contributed by atoms with Gasteiger partial charge in [0.15, 0.2) is 0 Å². The summed E-state index contributed by atoms with van der Waals surface area (Å²) in [6.45, 7) is 3.19. The normalized spacial score (nSPS) is 15.9. The summed E-state index contributed by atoms with van der Waals surface area (Å²) in [5, 5.41) is 3.52. The Bertz CT molecular complexity index is 282. The molecule has 0 aromatic carbocycles. The highest BCUT2D eigenvalue weighted by Crippen LogP contribution is 2.17. The van der Waals surface area contributed by atoms with Crippen LogP contribution in [0.25, 0.3) is 0 Å². The smallest absolute Gasteiger partial charge is 0.0312 e. The standard InChI is InChI=1S/C12H19N3/c1-15(8-7-14-12-4-5-12)10-11-3-2-6-13-9-11/h2-3,6,9,12,14H,4-5,7-8,10H2,1H3. The van der Waals surface area contributed by atoms with Gasteiger partial charge in [0.2, 0.25) is 0 Å². The van der Waals surface area contributed by atoms with Gasteiger partial charge in [0, 0.05) is 38.1 Å². The number of likely N-dealkylation sites (N-methyl/N-ethyl adjacent to an activating group) is 1. The fourth-order valence-electron chi connectivity index (χ4n) is 1.63. The van der Waals surface area contributed by atoms with Gasteiger partial charge in [-0.2, -0.15) is 0 Å². The first-order chi connectivity index (χ1) is 7.34. The quantitative estimate of drug-likeness (QED) is 0.758. The molecule has 0 unspecified atom stereocenters. The Morgan fingerprint density at radius 3 is 3.07 bits per heavy atom. The van der Waals surface area contributed by atoms with Crippen molar-refractivity contribution < 1.29 is 0 Å². The zero-order chi connectivity index (χ0) is 10.5. The molecule has 0 amide bonds. The van der Waals surface area contributed by atoms with Gasteiger partial charge in [-0.25, -0.2) is 0 Å². The highest BCUT2D eigenvalue weighted by Gasteiger charge is 2.19. The Morgan fingerprint density at radius 2 is 2.40 bits per heavy atom. The van der Waals surface area contributed by atoms with Crippen LogP contribution in [0.4, 0.5) is 0 Å². The maximum Gasteiger partial charge on any atom is 0.0312 e. The fourth-order valence-corrected chi connectivity index (χ4v) is 1.63. The SMILES string of the molecule is CN(CCNC1CC1)Cc1cccnc1. The summed E-state index contributed by atoms with van der Waals surface area (Å²) < 4.78 is 0. The van der Waals surface area contributed by atoms with Crippen molar-refractivity contribution in [1.29, 1.82) is 0 Å². The van der Waals surface area contributed by atoms with Crippen LogP contribution in [0, 0.1) is 0 Å². The predicted octanol–water partition coefficient (Wildman–Crippen LogP) is 1.27. The molecule has 0 bridgehead atoms. The third kappa shape index (κ3) is 3.98. The monoisotopic (exact) mass is 205 g/mol. The van der Waals surface area contributed by atoms with E-state index >= 15 is 0 Å². The molecule has 1 heterocycles. The first kappa shape index (κ1) is 10.6. The van der Waals surface area contributed by atoms with Crippen molar-refractivity contribution >= 4 is 0 Å². The number of rotatable bonds is 6. The number of nitrogens with zero attached hydrogens (tertiary/aromatic N) is 2. The van der Waals surface area contributed by atoms with Crippen molar-refractivity contribution in [3.05, 3.63) is 30.1 Å². The van der Waals surface area contributed by atoms with Crippen LogP contribution >= 0.6 is 0 Å². The minimum atomic E-state index is 0.816. The van der Waals surface area contributed by atoms with Crippen molar-refractivity contribution in [2.75, 3.05) is 20.1 Å². The Kier molecular flexibility index (Phi) is 3.69. The van der Waals surface area contributed by atoms with Gasteiger partial charge < -0.3 is 10.2 Å². The van der Waals surface area contributed by atoms with Crippen LogP contribution in [0.15, 0.2) is 24.5 Å². The van der Waals surface area contributed by atoms with Crippen molar-refractivity contribution in [2.24, 2.45) is 0 Å². The average molecular weight is 205 g/mol. The summed E-state index contributed by atoms with van der Waals surface area (Å²) in [6, 6.07) is 4.93. The van der Waals surface area contributed by atoms with E-state index in [1.165, 1.54) is 18.4 Å². The molecule has 1 aliphatic carbocycles. The van der Waals surface area contributed by atoms with E-state index in [2.05, 4.69) is 28.3 Å². The highest BCUT2D eigenvalue weighted by molar-refractivity contribution is 5.07. The summed E-state index contributed by atoms with van der Waals surface area (Å²) in [5.41, 5.74) is 1.28. The van der Waals surface area contributed by atoms with Crippen LogP contribution in [0.3, 0.4) is 0 Å². The molecule has 1 aromatic rings. The van der Waals surface area contributed by atoms with Crippen molar-refractivity contribution in [1.82, 2.24) is 15.2 Å². The second-order valence-electron chi connectivity index (χ2n) is 4.33. The van der Waals surface area contributed by atoms with Crippen LogP contribution in [0.1, 0.15) is 18.4 Å². The molecule has 1 aliphatic rings. The molecule has 0 saturated heterocycles. The molecule has 1 N–H and O–H groups in total. The van der Waals surface area contributed by atoms with Gasteiger partial charge in [0.05, 0.1) is 0 Å². The van der Waals surface area contributed by atoms with Crippen molar-refractivity contribution in [2.45, 2.75) is 25.4 Å². The predicted molar refractivity (Wildman–Crippen MR) is 61.6 cm³/mol. The first-order valence-corrected chi connectivity index (χ1v) is 5.65. The third-order valence-electron chi connectivity index (χ3n) is 2.68. The summed E-state index contributed by atoms with van der Waals surface area (Å²) in [5.74, 6) is 0. The summed E-state index contributed by atoms with van der Waals surface area (Å²) >= 11 is 0. The number of hydrogen-bond acceptors (Lipinski definition) is 3. The Hall–Kier alpha value is -0.930. The van der Waals surface area contributed by atoms with Gasteiger partial charge in [-0.3, -0.25) is 4.98 Å². The molecule has 0 aliphatic heterocycles. The van der Waals surface area contributed by atoms with Crippen molar-refractivity contribution in [3.8, 4) is 0 Å². The van der Waals surface area contributed by atoms with Crippen LogP contribution < -0.4 is 5.32 Å². The third-order valence-corrected chi connectivity index (χ3v) is 2.68. The molecule has 0 spiro atoms. The molecule has 3 heteroatoms. The number of nitrogens with one attached hydrogen (secondary N) is 1. The van der Waals surface area contributed by atoms with Gasteiger partial charge in [-0.1, -0.05) is 6.07 Å². The van der Waals surface area contributed by atoms with E-state index in [4.69, 9.17) is 0 Å². The van der Waals surface area contributed by atoms with E-state index < -0.39 is 0 Å². The zero-order valence-corrected chi connectivity index (χ0v) is 9.32. The molecule has 1 saturated carbocycles. The lowest BCUT2D eigenvalue weighted by Crippen LogP contribution is -2.30. The summed E-state index contributed by atoms with van der Waals surface area (Å²) in [6.07, 6.45) is 6.49. The molecule has 82 valence electrons. The molecule has 1 aromatic heterocycles. The zero-order valence-electron chi connectivity index (χ0n) is 9.32. The average Bonchev–Trinajstić information content (AvgIpc) is 3.03. The topological polar surface area (TPSA) is 28.2 Å². The largest absolute Gasteiger partial charge is 0.313 e. The van der Waals surface area contributed by atoms with Gasteiger partial charge in [-0.15, -0.1) is 0 Å². The lowest BCUT2D eigenvalue weighted by atomic mass is 10.3. The highest BCUT2D eigenvalue weighted by atomic mass is 15.1. The molecule has 2 rings (SSSR count). The molecular formula is C12H19N3. The lowest BCUT2D eigenvalue weighted by Gasteiger charge is -2.16. The summed E-state index contributed by atoms with van der Waals surface area (Å²) in [4.78, 5) is 6.44. The van der Waals surface area contributed by atoms with E-state index in [1.54, 1.807) is 0 Å². The molecule has 1 fully saturated rings. The molecule has 0 atom stereocenters. The van der Waals surface area contributed by atoms with Crippen LogP contribution in [0.2, 0.25) is 0 Å². The van der Waals surface area contributed by atoms with Crippen molar-refractivity contribution in [3.63, 3.8) is 0 Å². The van der Waals surface area contributed by atoms with E-state index in [9.17, 15) is 0 Å². The second-order valence-corrected chi connectivity index (χ2v) is 4.33. The van der Waals surface area contributed by atoms with Crippen LogP contribution in [-0.2, 0) is 6.54 Å². The van der Waals surface area contributed by atoms with E-state index in [1.807, 2.05) is 18.5 Å². The van der Waals surface area contributed by atoms with Crippen LogP contribution in [-0.4, -0.2) is 36.1 Å². The maximum atomic E-state index is 4.11. The maximum absolute atomic E-state index is 4.11. The van der Waals surface area contributed by atoms with Gasteiger partial charge in [-0.05, 0) is 31.5 Å². The van der Waals surface area contributed by atoms with Crippen LogP contribution in [0.5, 0.6) is 0 Å². The van der Waals surface area contributed by atoms with Gasteiger partial charge in [0.25, 0.3) is 0 Å². The molecule has 15 heavy (non-hydrogen) atoms. The number of hydrogen-bond donors (Lipinski definition) is 1. The van der Waals surface area contributed by atoms with Gasteiger partial charge in [0.1, 0.15) is 0 Å². The first-order valence-electron chi connectivity index (χ1n) is 5.65. The second kappa shape index (κ2) is 5.24. The van der Waals surface area contributed by atoms with E-state index in [-0.39, 0.29) is 0 Å². The minimum Gasteiger partial charge on any atom is -0.313 e. The Labute approximate surface area is 91.5 Å².